The zero-order chi connectivity index (χ0) is 18.4. The van der Waals surface area contributed by atoms with Crippen LogP contribution < -0.4 is 31.6 Å². The van der Waals surface area contributed by atoms with Gasteiger partial charge < -0.3 is 9.47 Å². The van der Waals surface area contributed by atoms with E-state index in [9.17, 15) is 4.79 Å². The number of para-hydroxylation sites is 1. The molecule has 0 bridgehead atoms. The number of carbonyl (C=O) groups is 1. The Bertz CT molecular complexity index is 708. The lowest BCUT2D eigenvalue weighted by molar-refractivity contribution is -0.125. The van der Waals surface area contributed by atoms with Crippen molar-refractivity contribution in [3.63, 3.8) is 0 Å². The molecule has 0 saturated carbocycles. The molecule has 1 amide bonds. The largest absolute Gasteiger partial charge is 0.490 e. The van der Waals surface area contributed by atoms with Gasteiger partial charge in [-0.1, -0.05) is 30.3 Å². The van der Waals surface area contributed by atoms with E-state index in [1.165, 1.54) is 0 Å². The first-order valence-electron chi connectivity index (χ1n) is 8.61. The van der Waals surface area contributed by atoms with Gasteiger partial charge in [-0.2, -0.15) is 0 Å². The average molecular weight is 356 g/mol. The third-order valence-electron chi connectivity index (χ3n) is 4.41. The first-order valence-corrected chi connectivity index (χ1v) is 8.61. The Morgan fingerprint density at radius 3 is 2.23 bits per heavy atom. The topological polar surface area (TPSA) is 97.6 Å². The summed E-state index contributed by atoms with van der Waals surface area (Å²) >= 11 is 0. The van der Waals surface area contributed by atoms with Crippen molar-refractivity contribution in [1.29, 1.82) is 0 Å². The fraction of sp³-hybridized carbons (Fsp3) is 0.316. The molecule has 138 valence electrons. The van der Waals surface area contributed by atoms with Crippen molar-refractivity contribution in [1.82, 2.24) is 16.3 Å². The Morgan fingerprint density at radius 1 is 1.00 bits per heavy atom. The molecule has 7 heteroatoms. The molecular formula is C19H24N4O3. The van der Waals surface area contributed by atoms with Crippen molar-refractivity contribution in [2.75, 3.05) is 13.2 Å². The minimum atomic E-state index is -0.286. The number of hydrazine groups is 2. The maximum atomic E-state index is 12.0. The molecule has 0 spiro atoms. The predicted molar refractivity (Wildman–Crippen MR) is 98.2 cm³/mol. The van der Waals surface area contributed by atoms with Gasteiger partial charge >= 0.3 is 0 Å². The van der Waals surface area contributed by atoms with E-state index in [0.29, 0.717) is 13.2 Å². The lowest BCUT2D eigenvalue weighted by Crippen LogP contribution is -2.41. The van der Waals surface area contributed by atoms with Crippen molar-refractivity contribution < 1.29 is 14.3 Å². The molecule has 2 aromatic rings. The second kappa shape index (κ2) is 8.66. The van der Waals surface area contributed by atoms with E-state index in [0.717, 1.165) is 17.1 Å². The molecule has 2 aromatic carbocycles. The Hall–Kier alpha value is -2.61. The van der Waals surface area contributed by atoms with Crippen LogP contribution in [0.15, 0.2) is 54.6 Å². The highest BCUT2D eigenvalue weighted by atomic mass is 16.5. The van der Waals surface area contributed by atoms with Gasteiger partial charge in [0, 0.05) is 6.04 Å². The van der Waals surface area contributed by atoms with Gasteiger partial charge in [0.25, 0.3) is 0 Å². The highest BCUT2D eigenvalue weighted by Gasteiger charge is 2.38. The van der Waals surface area contributed by atoms with Gasteiger partial charge in [-0.15, -0.1) is 0 Å². The first-order chi connectivity index (χ1) is 12.7. The molecule has 1 aliphatic rings. The lowest BCUT2D eigenvalue weighted by Gasteiger charge is -2.19. The van der Waals surface area contributed by atoms with Crippen LogP contribution in [0.2, 0.25) is 0 Å². The van der Waals surface area contributed by atoms with Crippen molar-refractivity contribution in [2.24, 2.45) is 11.8 Å². The minimum Gasteiger partial charge on any atom is -0.490 e. The fourth-order valence-electron chi connectivity index (χ4n) is 3.06. The second-order valence-corrected chi connectivity index (χ2v) is 6.17. The van der Waals surface area contributed by atoms with Crippen LogP contribution in [0.3, 0.4) is 0 Å². The molecule has 0 aromatic heterocycles. The molecule has 1 fully saturated rings. The van der Waals surface area contributed by atoms with E-state index >= 15 is 0 Å². The van der Waals surface area contributed by atoms with Crippen LogP contribution in [0, 0.1) is 5.92 Å². The number of hydrogen-bond acceptors (Lipinski definition) is 6. The predicted octanol–water partition coefficient (Wildman–Crippen LogP) is 1.29. The molecule has 7 nitrogen and oxygen atoms in total. The fourth-order valence-corrected chi connectivity index (χ4v) is 3.06. The highest BCUT2D eigenvalue weighted by molar-refractivity contribution is 5.80. The summed E-state index contributed by atoms with van der Waals surface area (Å²) in [6.07, 6.45) is 0. The van der Waals surface area contributed by atoms with E-state index in [1.807, 2.05) is 61.5 Å². The van der Waals surface area contributed by atoms with Gasteiger partial charge in [0.2, 0.25) is 5.91 Å². The van der Waals surface area contributed by atoms with Gasteiger partial charge in [0.15, 0.2) is 0 Å². The number of amides is 1. The Balaban J connectivity index is 1.52. The third kappa shape index (κ3) is 4.32. The summed E-state index contributed by atoms with van der Waals surface area (Å²) < 4.78 is 11.3. The summed E-state index contributed by atoms with van der Waals surface area (Å²) in [7, 11) is 0. The second-order valence-electron chi connectivity index (χ2n) is 6.17. The van der Waals surface area contributed by atoms with Crippen LogP contribution in [-0.4, -0.2) is 25.2 Å². The molecular weight excluding hydrogens is 332 g/mol. The molecule has 1 saturated heterocycles. The SMILES string of the molecule is CC1NNC(c2ccc(OCCOc3ccccc3)cc2)C1C(=O)NN. The lowest BCUT2D eigenvalue weighted by atomic mass is 9.89. The number of ether oxygens (including phenoxy) is 2. The molecule has 3 unspecified atom stereocenters. The van der Waals surface area contributed by atoms with Crippen LogP contribution in [0.5, 0.6) is 11.5 Å². The summed E-state index contributed by atoms with van der Waals surface area (Å²) in [5, 5.41) is 0. The number of rotatable bonds is 7. The zero-order valence-corrected chi connectivity index (χ0v) is 14.6. The summed E-state index contributed by atoms with van der Waals surface area (Å²) in [4.78, 5) is 12.0. The quantitative estimate of drug-likeness (QED) is 0.258. The number of nitrogens with one attached hydrogen (secondary N) is 3. The molecule has 0 aliphatic carbocycles. The Kier molecular flexibility index (Phi) is 6.06. The number of hydrogen-bond donors (Lipinski definition) is 4. The standard InChI is InChI=1S/C19H24N4O3/c1-13-17(19(24)21-20)18(23-22-13)14-7-9-16(10-8-14)26-12-11-25-15-5-3-2-4-6-15/h2-10,13,17-18,22-23H,11-12,20H2,1H3,(H,21,24). The van der Waals surface area contributed by atoms with E-state index in [1.54, 1.807) is 0 Å². The highest BCUT2D eigenvalue weighted by Crippen LogP contribution is 2.29. The monoisotopic (exact) mass is 356 g/mol. The zero-order valence-electron chi connectivity index (χ0n) is 14.6. The van der Waals surface area contributed by atoms with Crippen LogP contribution in [0.4, 0.5) is 0 Å². The van der Waals surface area contributed by atoms with Crippen molar-refractivity contribution in [2.45, 2.75) is 19.0 Å². The van der Waals surface area contributed by atoms with Crippen LogP contribution in [0.1, 0.15) is 18.5 Å². The molecule has 1 heterocycles. The molecule has 0 radical (unpaired) electrons. The van der Waals surface area contributed by atoms with E-state index in [2.05, 4.69) is 16.3 Å². The van der Waals surface area contributed by atoms with Crippen molar-refractivity contribution in [3.05, 3.63) is 60.2 Å². The van der Waals surface area contributed by atoms with Crippen LogP contribution in [0.25, 0.3) is 0 Å². The molecule has 1 aliphatic heterocycles. The molecule has 3 rings (SSSR count). The smallest absolute Gasteiger partial charge is 0.240 e. The number of benzene rings is 2. The first kappa shape index (κ1) is 18.2. The van der Waals surface area contributed by atoms with Gasteiger partial charge in [0.05, 0.1) is 12.0 Å². The normalized spacial score (nSPS) is 22.0. The number of nitrogens with two attached hydrogens (primary N) is 1. The van der Waals surface area contributed by atoms with Crippen molar-refractivity contribution in [3.8, 4) is 11.5 Å². The van der Waals surface area contributed by atoms with Gasteiger partial charge in [-0.05, 0) is 36.8 Å². The van der Waals surface area contributed by atoms with Crippen LogP contribution >= 0.6 is 0 Å². The van der Waals surface area contributed by atoms with E-state index in [-0.39, 0.29) is 23.9 Å². The number of carbonyl (C=O) groups excluding carboxylic acids is 1. The van der Waals surface area contributed by atoms with Crippen molar-refractivity contribution >= 4 is 5.91 Å². The third-order valence-corrected chi connectivity index (χ3v) is 4.41. The van der Waals surface area contributed by atoms with Gasteiger partial charge in [-0.3, -0.25) is 15.6 Å². The van der Waals surface area contributed by atoms with E-state index < -0.39 is 0 Å². The maximum Gasteiger partial charge on any atom is 0.240 e. The van der Waals surface area contributed by atoms with Crippen LogP contribution in [-0.2, 0) is 4.79 Å². The van der Waals surface area contributed by atoms with E-state index in [4.69, 9.17) is 15.3 Å². The molecule has 5 N–H and O–H groups in total. The summed E-state index contributed by atoms with van der Waals surface area (Å²) in [6.45, 7) is 2.86. The Morgan fingerprint density at radius 2 is 1.62 bits per heavy atom. The average Bonchev–Trinajstić information content (AvgIpc) is 3.07. The summed E-state index contributed by atoms with van der Waals surface area (Å²) in [5.41, 5.74) is 9.47. The summed E-state index contributed by atoms with van der Waals surface area (Å²) in [6, 6.07) is 17.1. The summed E-state index contributed by atoms with van der Waals surface area (Å²) in [5.74, 6) is 6.40. The minimum absolute atomic E-state index is 0.0189. The molecule has 3 atom stereocenters. The Labute approximate surface area is 152 Å². The molecule has 26 heavy (non-hydrogen) atoms. The van der Waals surface area contributed by atoms with Gasteiger partial charge in [-0.25, -0.2) is 11.3 Å². The van der Waals surface area contributed by atoms with Gasteiger partial charge in [0.1, 0.15) is 24.7 Å². The maximum absolute atomic E-state index is 12.0.